The minimum atomic E-state index is -1.23. The molecule has 1 aromatic carbocycles. The highest BCUT2D eigenvalue weighted by Gasteiger charge is 2.21. The van der Waals surface area contributed by atoms with Crippen molar-refractivity contribution in [3.8, 4) is 11.6 Å². The standard InChI is InChI=1S/C15H12FN3O4/c1-7-12(15(21)22)13-9(19-7)2-3-10(14(13)16)23-11-4-8(5-20)17-6-18-11/h2-4,6,19-20H,5H2,1H3,(H,21,22). The lowest BCUT2D eigenvalue weighted by Crippen LogP contribution is -1.99. The molecule has 0 bridgehead atoms. The van der Waals surface area contributed by atoms with Crippen molar-refractivity contribution in [2.24, 2.45) is 0 Å². The number of hydrogen-bond acceptors (Lipinski definition) is 5. The molecule has 118 valence electrons. The first-order chi connectivity index (χ1) is 11.0. The minimum Gasteiger partial charge on any atom is -0.478 e. The molecule has 23 heavy (non-hydrogen) atoms. The van der Waals surface area contributed by atoms with Crippen molar-refractivity contribution in [2.75, 3.05) is 0 Å². The van der Waals surface area contributed by atoms with Gasteiger partial charge in [0.15, 0.2) is 11.6 Å². The molecule has 0 spiro atoms. The predicted molar refractivity (Wildman–Crippen MR) is 78.0 cm³/mol. The number of rotatable bonds is 4. The summed E-state index contributed by atoms with van der Waals surface area (Å²) in [5, 5.41) is 18.2. The van der Waals surface area contributed by atoms with Gasteiger partial charge in [0.2, 0.25) is 5.88 Å². The van der Waals surface area contributed by atoms with Crippen LogP contribution in [0, 0.1) is 12.7 Å². The van der Waals surface area contributed by atoms with E-state index in [1.54, 1.807) is 6.92 Å². The number of halogens is 1. The zero-order chi connectivity index (χ0) is 16.6. The number of carboxylic acid groups (broad SMARTS) is 1. The van der Waals surface area contributed by atoms with Crippen LogP contribution < -0.4 is 4.74 Å². The molecule has 3 aromatic rings. The first kappa shape index (κ1) is 14.9. The van der Waals surface area contributed by atoms with Gasteiger partial charge < -0.3 is 19.9 Å². The molecule has 0 aliphatic carbocycles. The number of aliphatic hydroxyl groups excluding tert-OH is 1. The molecule has 3 N–H and O–H groups in total. The molecule has 0 atom stereocenters. The van der Waals surface area contributed by atoms with Crippen LogP contribution in [0.5, 0.6) is 11.6 Å². The third-order valence-electron chi connectivity index (χ3n) is 3.34. The monoisotopic (exact) mass is 317 g/mol. The van der Waals surface area contributed by atoms with Gasteiger partial charge in [-0.3, -0.25) is 0 Å². The SMILES string of the molecule is Cc1[nH]c2ccc(Oc3cc(CO)ncn3)c(F)c2c1C(=O)O. The maximum Gasteiger partial charge on any atom is 0.338 e. The van der Waals surface area contributed by atoms with Crippen LogP contribution in [0.2, 0.25) is 0 Å². The number of nitrogens with zero attached hydrogens (tertiary/aromatic N) is 2. The second kappa shape index (κ2) is 5.65. The van der Waals surface area contributed by atoms with Crippen LogP contribution in [0.4, 0.5) is 4.39 Å². The molecule has 0 aliphatic rings. The van der Waals surface area contributed by atoms with E-state index in [1.807, 2.05) is 0 Å². The zero-order valence-electron chi connectivity index (χ0n) is 12.0. The molecule has 7 nitrogen and oxygen atoms in total. The number of benzene rings is 1. The average molecular weight is 317 g/mol. The number of nitrogens with one attached hydrogen (secondary N) is 1. The molecule has 2 aromatic heterocycles. The average Bonchev–Trinajstić information content (AvgIpc) is 2.87. The Labute approximate surface area is 129 Å². The van der Waals surface area contributed by atoms with E-state index in [-0.39, 0.29) is 29.2 Å². The van der Waals surface area contributed by atoms with Crippen molar-refractivity contribution < 1.29 is 24.1 Å². The largest absolute Gasteiger partial charge is 0.478 e. The molecule has 0 aliphatic heterocycles. The number of aromatic amines is 1. The van der Waals surface area contributed by atoms with E-state index in [2.05, 4.69) is 15.0 Å². The first-order valence-electron chi connectivity index (χ1n) is 6.65. The quantitative estimate of drug-likeness (QED) is 0.682. The summed E-state index contributed by atoms with van der Waals surface area (Å²) >= 11 is 0. The van der Waals surface area contributed by atoms with Gasteiger partial charge in [0.25, 0.3) is 0 Å². The highest BCUT2D eigenvalue weighted by Crippen LogP contribution is 2.32. The Morgan fingerprint density at radius 2 is 2.17 bits per heavy atom. The van der Waals surface area contributed by atoms with Crippen LogP contribution in [-0.2, 0) is 6.61 Å². The van der Waals surface area contributed by atoms with Crippen molar-refractivity contribution in [1.29, 1.82) is 0 Å². The van der Waals surface area contributed by atoms with Crippen LogP contribution in [0.1, 0.15) is 21.7 Å². The number of carbonyl (C=O) groups is 1. The smallest absolute Gasteiger partial charge is 0.338 e. The van der Waals surface area contributed by atoms with Crippen molar-refractivity contribution in [1.82, 2.24) is 15.0 Å². The lowest BCUT2D eigenvalue weighted by Gasteiger charge is -2.07. The number of ether oxygens (including phenoxy) is 1. The maximum atomic E-state index is 14.7. The van der Waals surface area contributed by atoms with Gasteiger partial charge in [-0.15, -0.1) is 0 Å². The number of hydrogen-bond donors (Lipinski definition) is 3. The molecule has 2 heterocycles. The molecule has 0 saturated heterocycles. The summed E-state index contributed by atoms with van der Waals surface area (Å²) in [6.07, 6.45) is 1.18. The van der Waals surface area contributed by atoms with E-state index in [1.165, 1.54) is 24.5 Å². The van der Waals surface area contributed by atoms with Crippen molar-refractivity contribution in [2.45, 2.75) is 13.5 Å². The number of carboxylic acids is 1. The van der Waals surface area contributed by atoms with E-state index < -0.39 is 11.8 Å². The molecule has 0 saturated carbocycles. The highest BCUT2D eigenvalue weighted by atomic mass is 19.1. The fourth-order valence-electron chi connectivity index (χ4n) is 2.34. The molecular weight excluding hydrogens is 305 g/mol. The van der Waals surface area contributed by atoms with Crippen LogP contribution in [0.15, 0.2) is 24.5 Å². The topological polar surface area (TPSA) is 108 Å². The van der Waals surface area contributed by atoms with Crippen molar-refractivity contribution >= 4 is 16.9 Å². The second-order valence-electron chi connectivity index (χ2n) is 4.84. The number of aromatic carboxylic acids is 1. The summed E-state index contributed by atoms with van der Waals surface area (Å²) in [4.78, 5) is 21.8. The third-order valence-corrected chi connectivity index (χ3v) is 3.34. The fraction of sp³-hybridized carbons (Fsp3) is 0.133. The van der Waals surface area contributed by atoms with Crippen LogP contribution in [0.3, 0.4) is 0 Å². The number of H-pyrrole nitrogens is 1. The fourth-order valence-corrected chi connectivity index (χ4v) is 2.34. The summed E-state index contributed by atoms with van der Waals surface area (Å²) in [7, 11) is 0. The Hall–Kier alpha value is -3.00. The van der Waals surface area contributed by atoms with Crippen molar-refractivity contribution in [3.05, 3.63) is 47.3 Å². The van der Waals surface area contributed by atoms with E-state index in [0.29, 0.717) is 16.9 Å². The van der Waals surface area contributed by atoms with Crippen molar-refractivity contribution in [3.63, 3.8) is 0 Å². The lowest BCUT2D eigenvalue weighted by molar-refractivity contribution is 0.0698. The number of aryl methyl sites for hydroxylation is 1. The molecule has 0 unspecified atom stereocenters. The minimum absolute atomic E-state index is 0.0476. The Bertz CT molecular complexity index is 907. The van der Waals surface area contributed by atoms with Crippen LogP contribution in [-0.4, -0.2) is 31.1 Å². The summed E-state index contributed by atoms with van der Waals surface area (Å²) in [6, 6.07) is 4.27. The number of fused-ring (bicyclic) bond motifs is 1. The van der Waals surface area contributed by atoms with Gasteiger partial charge in [-0.05, 0) is 19.1 Å². The Morgan fingerprint density at radius 1 is 1.39 bits per heavy atom. The van der Waals surface area contributed by atoms with E-state index in [4.69, 9.17) is 9.84 Å². The highest BCUT2D eigenvalue weighted by molar-refractivity contribution is 6.05. The van der Waals surface area contributed by atoms with Gasteiger partial charge >= 0.3 is 5.97 Å². The first-order valence-corrected chi connectivity index (χ1v) is 6.65. The van der Waals surface area contributed by atoms with Gasteiger partial charge in [0.1, 0.15) is 6.33 Å². The Morgan fingerprint density at radius 3 is 2.87 bits per heavy atom. The lowest BCUT2D eigenvalue weighted by atomic mass is 10.1. The summed E-state index contributed by atoms with van der Waals surface area (Å²) in [5.41, 5.74) is 0.901. The molecule has 0 fully saturated rings. The molecule has 0 radical (unpaired) electrons. The molecule has 0 amide bonds. The van der Waals surface area contributed by atoms with E-state index >= 15 is 0 Å². The molecule has 3 rings (SSSR count). The number of aliphatic hydroxyl groups is 1. The van der Waals surface area contributed by atoms with E-state index in [9.17, 15) is 14.3 Å². The van der Waals surface area contributed by atoms with Crippen LogP contribution >= 0.6 is 0 Å². The predicted octanol–water partition coefficient (Wildman–Crippen LogP) is 2.39. The van der Waals surface area contributed by atoms with Gasteiger partial charge in [-0.2, -0.15) is 0 Å². The number of aromatic nitrogens is 3. The van der Waals surface area contributed by atoms with Gasteiger partial charge in [0.05, 0.1) is 23.3 Å². The van der Waals surface area contributed by atoms with Gasteiger partial charge in [-0.1, -0.05) is 0 Å². The summed E-state index contributed by atoms with van der Waals surface area (Å²) < 4.78 is 20.0. The third kappa shape index (κ3) is 2.59. The maximum absolute atomic E-state index is 14.7. The molecule has 8 heteroatoms. The summed E-state index contributed by atoms with van der Waals surface area (Å²) in [5.74, 6) is -2.14. The Kier molecular flexibility index (Phi) is 3.67. The van der Waals surface area contributed by atoms with Crippen LogP contribution in [0.25, 0.3) is 10.9 Å². The van der Waals surface area contributed by atoms with Gasteiger partial charge in [0, 0.05) is 17.3 Å². The van der Waals surface area contributed by atoms with E-state index in [0.717, 1.165) is 0 Å². The van der Waals surface area contributed by atoms with Gasteiger partial charge in [-0.25, -0.2) is 19.2 Å². The summed E-state index contributed by atoms with van der Waals surface area (Å²) in [6.45, 7) is 1.25. The zero-order valence-corrected chi connectivity index (χ0v) is 12.0. The normalized spacial score (nSPS) is 10.9. The second-order valence-corrected chi connectivity index (χ2v) is 4.84. The molecular formula is C15H12FN3O4. The Balaban J connectivity index is 2.10.